The Morgan fingerprint density at radius 1 is 1.17 bits per heavy atom. The van der Waals surface area contributed by atoms with Crippen LogP contribution in [0.25, 0.3) is 11.4 Å². The molecule has 0 aliphatic carbocycles. The summed E-state index contributed by atoms with van der Waals surface area (Å²) in [6.45, 7) is 3.48. The van der Waals surface area contributed by atoms with Crippen molar-refractivity contribution in [2.45, 2.75) is 20.0 Å². The molecule has 1 amide bonds. The first-order chi connectivity index (χ1) is 13.6. The van der Waals surface area contributed by atoms with E-state index in [1.165, 1.54) is 35.0 Å². The Morgan fingerprint density at radius 2 is 1.79 bits per heavy atom. The SMILES string of the molecule is CCNC(=O)c1cnn(-c2ccc(-n3ccc(C)c(Cl)c3=O)cc2)c1C(F)(F)F. The van der Waals surface area contributed by atoms with Gasteiger partial charge in [0.05, 0.1) is 17.4 Å². The summed E-state index contributed by atoms with van der Waals surface area (Å²) in [5, 5.41) is 6.16. The Hall–Kier alpha value is -3.07. The number of aryl methyl sites for hydroxylation is 1. The summed E-state index contributed by atoms with van der Waals surface area (Å²) in [7, 11) is 0. The van der Waals surface area contributed by atoms with Crippen molar-refractivity contribution in [1.82, 2.24) is 19.7 Å². The monoisotopic (exact) mass is 424 g/mol. The first-order valence-electron chi connectivity index (χ1n) is 8.57. The van der Waals surface area contributed by atoms with Crippen LogP contribution in [0.3, 0.4) is 0 Å². The maximum absolute atomic E-state index is 13.6. The van der Waals surface area contributed by atoms with Crippen molar-refractivity contribution in [3.05, 3.63) is 74.9 Å². The third kappa shape index (κ3) is 3.91. The van der Waals surface area contributed by atoms with Crippen LogP contribution in [0.4, 0.5) is 13.2 Å². The van der Waals surface area contributed by atoms with Crippen molar-refractivity contribution in [1.29, 1.82) is 0 Å². The number of nitrogens with zero attached hydrogens (tertiary/aromatic N) is 3. The molecule has 29 heavy (non-hydrogen) atoms. The number of benzene rings is 1. The van der Waals surface area contributed by atoms with E-state index in [9.17, 15) is 22.8 Å². The molecule has 0 fully saturated rings. The highest BCUT2D eigenvalue weighted by molar-refractivity contribution is 6.31. The molecular formula is C19H16ClF3N4O2. The zero-order valence-corrected chi connectivity index (χ0v) is 16.2. The number of carbonyl (C=O) groups excluding carboxylic acids is 1. The highest BCUT2D eigenvalue weighted by atomic mass is 35.5. The highest BCUT2D eigenvalue weighted by Crippen LogP contribution is 2.33. The number of amides is 1. The standard InChI is InChI=1S/C19H16ClF3N4O2/c1-3-24-17(28)14-10-25-27(16(14)19(21,22)23)13-6-4-12(5-7-13)26-9-8-11(2)15(20)18(26)29/h4-10H,3H2,1-2H3,(H,24,28). The third-order valence-corrected chi connectivity index (χ3v) is 4.68. The van der Waals surface area contributed by atoms with Crippen LogP contribution in [0.5, 0.6) is 0 Å². The molecule has 3 aromatic rings. The van der Waals surface area contributed by atoms with Gasteiger partial charge in [0.15, 0.2) is 5.69 Å². The van der Waals surface area contributed by atoms with E-state index in [0.29, 0.717) is 15.9 Å². The number of rotatable bonds is 4. The predicted molar refractivity (Wildman–Crippen MR) is 102 cm³/mol. The van der Waals surface area contributed by atoms with E-state index in [2.05, 4.69) is 10.4 Å². The quantitative estimate of drug-likeness (QED) is 0.693. The number of hydrogen-bond acceptors (Lipinski definition) is 3. The molecular weight excluding hydrogens is 409 g/mol. The van der Waals surface area contributed by atoms with Crippen molar-refractivity contribution in [3.8, 4) is 11.4 Å². The number of nitrogens with one attached hydrogen (secondary N) is 1. The molecule has 0 spiro atoms. The molecule has 152 valence electrons. The number of pyridine rings is 1. The van der Waals surface area contributed by atoms with E-state index in [4.69, 9.17) is 11.6 Å². The Kier molecular flexibility index (Phi) is 5.52. The lowest BCUT2D eigenvalue weighted by Gasteiger charge is -2.13. The normalized spacial score (nSPS) is 11.5. The van der Waals surface area contributed by atoms with Crippen LogP contribution in [-0.4, -0.2) is 26.8 Å². The number of aromatic nitrogens is 3. The van der Waals surface area contributed by atoms with Gasteiger partial charge in [-0.1, -0.05) is 11.6 Å². The van der Waals surface area contributed by atoms with Gasteiger partial charge in [0.1, 0.15) is 5.02 Å². The fraction of sp³-hybridized carbons (Fsp3) is 0.211. The fourth-order valence-electron chi connectivity index (χ4n) is 2.80. The average Bonchev–Trinajstić information content (AvgIpc) is 3.12. The second-order valence-electron chi connectivity index (χ2n) is 6.18. The summed E-state index contributed by atoms with van der Waals surface area (Å²) in [6.07, 6.45) is -2.39. The molecule has 2 aromatic heterocycles. The summed E-state index contributed by atoms with van der Waals surface area (Å²) in [6, 6.07) is 7.34. The Labute approximate surface area is 168 Å². The lowest BCUT2D eigenvalue weighted by Crippen LogP contribution is -2.26. The molecule has 0 saturated carbocycles. The van der Waals surface area contributed by atoms with E-state index in [0.717, 1.165) is 6.20 Å². The molecule has 1 N–H and O–H groups in total. The van der Waals surface area contributed by atoms with Gasteiger partial charge in [-0.25, -0.2) is 4.68 Å². The molecule has 6 nitrogen and oxygen atoms in total. The zero-order chi connectivity index (χ0) is 21.3. The minimum Gasteiger partial charge on any atom is -0.352 e. The maximum Gasteiger partial charge on any atom is 0.434 e. The summed E-state index contributed by atoms with van der Waals surface area (Å²) in [5.74, 6) is -0.858. The van der Waals surface area contributed by atoms with Gasteiger partial charge in [0.25, 0.3) is 11.5 Å². The van der Waals surface area contributed by atoms with Crippen LogP contribution in [0.15, 0.2) is 47.5 Å². The van der Waals surface area contributed by atoms with Crippen LogP contribution in [0.2, 0.25) is 5.02 Å². The van der Waals surface area contributed by atoms with Gasteiger partial charge in [-0.05, 0) is 49.7 Å². The lowest BCUT2D eigenvalue weighted by molar-refractivity contribution is -0.143. The predicted octanol–water partition coefficient (Wildman–Crippen LogP) is 3.75. The minimum atomic E-state index is -4.79. The maximum atomic E-state index is 13.6. The van der Waals surface area contributed by atoms with Crippen LogP contribution >= 0.6 is 11.6 Å². The molecule has 0 atom stereocenters. The average molecular weight is 425 g/mol. The summed E-state index contributed by atoms with van der Waals surface area (Å²) >= 11 is 5.98. The van der Waals surface area contributed by atoms with Crippen LogP contribution in [0, 0.1) is 6.92 Å². The van der Waals surface area contributed by atoms with Crippen molar-refractivity contribution in [2.75, 3.05) is 6.54 Å². The van der Waals surface area contributed by atoms with Gasteiger partial charge >= 0.3 is 6.18 Å². The molecule has 0 aliphatic heterocycles. The van der Waals surface area contributed by atoms with Gasteiger partial charge in [0, 0.05) is 18.4 Å². The van der Waals surface area contributed by atoms with Crippen LogP contribution in [0.1, 0.15) is 28.5 Å². The molecule has 0 unspecified atom stereocenters. The third-order valence-electron chi connectivity index (χ3n) is 4.22. The second-order valence-corrected chi connectivity index (χ2v) is 6.56. The first-order valence-corrected chi connectivity index (χ1v) is 8.95. The number of alkyl halides is 3. The van der Waals surface area contributed by atoms with Crippen molar-refractivity contribution in [3.63, 3.8) is 0 Å². The molecule has 10 heteroatoms. The summed E-state index contributed by atoms with van der Waals surface area (Å²) < 4.78 is 42.8. The lowest BCUT2D eigenvalue weighted by atomic mass is 10.2. The number of hydrogen-bond donors (Lipinski definition) is 1. The van der Waals surface area contributed by atoms with Crippen LogP contribution in [-0.2, 0) is 6.18 Å². The van der Waals surface area contributed by atoms with Crippen molar-refractivity contribution < 1.29 is 18.0 Å². The zero-order valence-electron chi connectivity index (χ0n) is 15.4. The first kappa shape index (κ1) is 20.7. The van der Waals surface area contributed by atoms with E-state index < -0.39 is 28.9 Å². The Morgan fingerprint density at radius 3 is 2.38 bits per heavy atom. The number of carbonyl (C=O) groups is 1. The minimum absolute atomic E-state index is 0.0644. The molecule has 2 heterocycles. The molecule has 0 aliphatic rings. The van der Waals surface area contributed by atoms with Gasteiger partial charge < -0.3 is 5.32 Å². The molecule has 1 aromatic carbocycles. The largest absolute Gasteiger partial charge is 0.434 e. The topological polar surface area (TPSA) is 68.9 Å². The number of halogens is 4. The molecule has 0 saturated heterocycles. The van der Waals surface area contributed by atoms with Gasteiger partial charge in [-0.3, -0.25) is 14.2 Å². The van der Waals surface area contributed by atoms with Gasteiger partial charge in [0.2, 0.25) is 0 Å². The van der Waals surface area contributed by atoms with E-state index in [1.54, 1.807) is 19.9 Å². The van der Waals surface area contributed by atoms with Crippen LogP contribution < -0.4 is 10.9 Å². The van der Waals surface area contributed by atoms with Gasteiger partial charge in [-0.15, -0.1) is 0 Å². The van der Waals surface area contributed by atoms with Gasteiger partial charge in [-0.2, -0.15) is 18.3 Å². The second kappa shape index (κ2) is 7.75. The Balaban J connectivity index is 2.06. The molecule has 0 radical (unpaired) electrons. The summed E-state index contributed by atoms with van der Waals surface area (Å²) in [4.78, 5) is 24.3. The van der Waals surface area contributed by atoms with Crippen molar-refractivity contribution in [2.24, 2.45) is 0 Å². The summed E-state index contributed by atoms with van der Waals surface area (Å²) in [5.41, 5.74) is -1.05. The van der Waals surface area contributed by atoms with Crippen molar-refractivity contribution >= 4 is 17.5 Å². The fourth-order valence-corrected chi connectivity index (χ4v) is 2.95. The smallest absolute Gasteiger partial charge is 0.352 e. The van der Waals surface area contributed by atoms with E-state index in [1.807, 2.05) is 0 Å². The Bertz CT molecular complexity index is 1120. The molecule has 0 bridgehead atoms. The van der Waals surface area contributed by atoms with E-state index in [-0.39, 0.29) is 17.3 Å². The molecule has 3 rings (SSSR count). The van der Waals surface area contributed by atoms with E-state index >= 15 is 0 Å². The highest BCUT2D eigenvalue weighted by Gasteiger charge is 2.40.